The first-order valence-electron chi connectivity index (χ1n) is 22.6. The van der Waals surface area contributed by atoms with Crippen LogP contribution in [0, 0.1) is 0 Å². The second kappa shape index (κ2) is 42.1. The molecule has 6 nitrogen and oxygen atoms in total. The van der Waals surface area contributed by atoms with E-state index in [0.717, 1.165) is 57.8 Å². The number of carbonyl (C=O) groups is 2. The highest BCUT2D eigenvalue weighted by Crippen LogP contribution is 2.14. The molecule has 2 atom stereocenters. The number of allylic oxidation sites excluding steroid dienone is 3. The molecule has 0 aliphatic heterocycles. The van der Waals surface area contributed by atoms with Crippen LogP contribution in [-0.4, -0.2) is 47.4 Å². The molecule has 0 aliphatic rings. The number of ether oxygens (including phenoxy) is 1. The van der Waals surface area contributed by atoms with Crippen molar-refractivity contribution in [1.29, 1.82) is 0 Å². The van der Waals surface area contributed by atoms with Crippen molar-refractivity contribution < 1.29 is 24.5 Å². The molecule has 0 heterocycles. The molecule has 1 amide bonds. The van der Waals surface area contributed by atoms with E-state index in [1.807, 2.05) is 6.08 Å². The molecule has 0 aromatic carbocycles. The van der Waals surface area contributed by atoms with Gasteiger partial charge in [0.15, 0.2) is 0 Å². The molecule has 0 rings (SSSR count). The van der Waals surface area contributed by atoms with E-state index in [4.69, 9.17) is 4.74 Å². The van der Waals surface area contributed by atoms with Gasteiger partial charge in [0.2, 0.25) is 5.91 Å². The molecular weight excluding hydrogens is 647 g/mol. The van der Waals surface area contributed by atoms with Crippen LogP contribution < -0.4 is 5.32 Å². The fourth-order valence-electron chi connectivity index (χ4n) is 6.68. The summed E-state index contributed by atoms with van der Waals surface area (Å²) in [6.07, 6.45) is 47.3. The lowest BCUT2D eigenvalue weighted by Crippen LogP contribution is -2.45. The number of amides is 1. The van der Waals surface area contributed by atoms with Crippen molar-refractivity contribution >= 4 is 11.9 Å². The van der Waals surface area contributed by atoms with Gasteiger partial charge in [0, 0.05) is 12.8 Å². The Balaban J connectivity index is 3.53. The van der Waals surface area contributed by atoms with Crippen molar-refractivity contribution in [2.75, 3.05) is 13.2 Å². The third-order valence-electron chi connectivity index (χ3n) is 10.2. The van der Waals surface area contributed by atoms with E-state index in [-0.39, 0.29) is 18.5 Å². The van der Waals surface area contributed by atoms with Crippen LogP contribution in [0.5, 0.6) is 0 Å². The molecule has 0 bridgehead atoms. The number of esters is 1. The predicted octanol–water partition coefficient (Wildman–Crippen LogP) is 12.8. The average Bonchev–Trinajstić information content (AvgIpc) is 3.14. The molecule has 0 saturated carbocycles. The first-order chi connectivity index (χ1) is 25.5. The summed E-state index contributed by atoms with van der Waals surface area (Å²) in [4.78, 5) is 24.3. The van der Waals surface area contributed by atoms with Gasteiger partial charge in [-0.05, 0) is 57.8 Å². The first kappa shape index (κ1) is 50.3. The van der Waals surface area contributed by atoms with Gasteiger partial charge in [-0.15, -0.1) is 0 Å². The van der Waals surface area contributed by atoms with Gasteiger partial charge >= 0.3 is 5.97 Å². The SMILES string of the molecule is CCCCCC/C=C\CCCCCCCC(=O)OCCCCCCCCCCCCC(=O)NC(CO)C(O)/C=C/CCCCCCCCCCCC. The molecule has 2 unspecified atom stereocenters. The van der Waals surface area contributed by atoms with Crippen molar-refractivity contribution in [2.45, 2.75) is 244 Å². The zero-order valence-corrected chi connectivity index (χ0v) is 34.5. The molecule has 52 heavy (non-hydrogen) atoms. The number of hydrogen-bond donors (Lipinski definition) is 3. The van der Waals surface area contributed by atoms with Gasteiger partial charge in [0.25, 0.3) is 0 Å². The molecular formula is C46H87NO5. The van der Waals surface area contributed by atoms with Crippen LogP contribution in [0.3, 0.4) is 0 Å². The largest absolute Gasteiger partial charge is 0.466 e. The predicted molar refractivity (Wildman–Crippen MR) is 223 cm³/mol. The Kier molecular flexibility index (Phi) is 40.7. The van der Waals surface area contributed by atoms with E-state index in [9.17, 15) is 19.8 Å². The van der Waals surface area contributed by atoms with Gasteiger partial charge in [-0.3, -0.25) is 9.59 Å². The number of aliphatic hydroxyl groups excluding tert-OH is 2. The highest BCUT2D eigenvalue weighted by Gasteiger charge is 2.18. The average molecular weight is 734 g/mol. The van der Waals surface area contributed by atoms with Crippen LogP contribution >= 0.6 is 0 Å². The summed E-state index contributed by atoms with van der Waals surface area (Å²) in [5, 5.41) is 22.9. The third-order valence-corrected chi connectivity index (χ3v) is 10.2. The molecule has 0 aromatic heterocycles. The van der Waals surface area contributed by atoms with E-state index in [2.05, 4.69) is 31.3 Å². The van der Waals surface area contributed by atoms with Crippen molar-refractivity contribution in [2.24, 2.45) is 0 Å². The second-order valence-corrected chi connectivity index (χ2v) is 15.4. The Hall–Kier alpha value is -1.66. The minimum Gasteiger partial charge on any atom is -0.466 e. The van der Waals surface area contributed by atoms with Gasteiger partial charge in [-0.25, -0.2) is 0 Å². The summed E-state index contributed by atoms with van der Waals surface area (Å²) >= 11 is 0. The lowest BCUT2D eigenvalue weighted by Gasteiger charge is -2.20. The van der Waals surface area contributed by atoms with Gasteiger partial charge in [-0.1, -0.05) is 186 Å². The molecule has 0 aliphatic carbocycles. The van der Waals surface area contributed by atoms with E-state index < -0.39 is 12.1 Å². The van der Waals surface area contributed by atoms with Gasteiger partial charge in [-0.2, -0.15) is 0 Å². The zero-order valence-electron chi connectivity index (χ0n) is 34.5. The molecule has 6 heteroatoms. The molecule has 3 N–H and O–H groups in total. The van der Waals surface area contributed by atoms with Crippen LogP contribution in [0.25, 0.3) is 0 Å². The maximum Gasteiger partial charge on any atom is 0.305 e. The number of hydrogen-bond acceptors (Lipinski definition) is 5. The Labute approximate surface area is 322 Å². The van der Waals surface area contributed by atoms with Crippen molar-refractivity contribution in [3.63, 3.8) is 0 Å². The van der Waals surface area contributed by atoms with E-state index in [1.165, 1.54) is 148 Å². The van der Waals surface area contributed by atoms with E-state index in [0.29, 0.717) is 19.4 Å². The number of nitrogens with one attached hydrogen (secondary N) is 1. The zero-order chi connectivity index (χ0) is 38.0. The number of rotatable bonds is 41. The fourth-order valence-corrected chi connectivity index (χ4v) is 6.68. The molecule has 0 spiro atoms. The van der Waals surface area contributed by atoms with E-state index >= 15 is 0 Å². The van der Waals surface area contributed by atoms with Crippen molar-refractivity contribution in [3.8, 4) is 0 Å². The summed E-state index contributed by atoms with van der Waals surface area (Å²) < 4.78 is 5.43. The Morgan fingerprint density at radius 3 is 1.38 bits per heavy atom. The number of aliphatic hydroxyl groups is 2. The Morgan fingerprint density at radius 2 is 0.904 bits per heavy atom. The van der Waals surface area contributed by atoms with Crippen LogP contribution in [0.15, 0.2) is 24.3 Å². The normalized spacial score (nSPS) is 12.9. The minimum atomic E-state index is -0.857. The topological polar surface area (TPSA) is 95.9 Å². The van der Waals surface area contributed by atoms with Crippen molar-refractivity contribution in [3.05, 3.63) is 24.3 Å². The Morgan fingerprint density at radius 1 is 0.519 bits per heavy atom. The highest BCUT2D eigenvalue weighted by atomic mass is 16.5. The highest BCUT2D eigenvalue weighted by molar-refractivity contribution is 5.76. The van der Waals surface area contributed by atoms with Gasteiger partial charge in [0.05, 0.1) is 25.4 Å². The second-order valence-electron chi connectivity index (χ2n) is 15.4. The summed E-state index contributed by atoms with van der Waals surface area (Å²) in [5.74, 6) is -0.124. The lowest BCUT2D eigenvalue weighted by atomic mass is 10.0. The van der Waals surface area contributed by atoms with Crippen LogP contribution in [0.4, 0.5) is 0 Å². The molecule has 0 saturated heterocycles. The number of carbonyl (C=O) groups excluding carboxylic acids is 2. The standard InChI is InChI=1S/C46H87NO5/c1-3-5-7-9-11-13-15-17-19-24-28-32-36-40-46(51)52-41-37-33-29-25-21-20-23-27-31-35-39-45(50)47-43(42-48)44(49)38-34-30-26-22-18-16-14-12-10-8-6-4-2/h13,15,34,38,43-44,48-49H,3-12,14,16-33,35-37,39-42H2,1-2H3,(H,47,50)/b15-13-,38-34+. The van der Waals surface area contributed by atoms with Crippen LogP contribution in [0.2, 0.25) is 0 Å². The summed E-state index contributed by atoms with van der Waals surface area (Å²) in [7, 11) is 0. The minimum absolute atomic E-state index is 0.0310. The summed E-state index contributed by atoms with van der Waals surface area (Å²) in [6.45, 7) is 4.81. The number of unbranched alkanes of at least 4 members (excludes halogenated alkanes) is 28. The molecule has 0 radical (unpaired) electrons. The van der Waals surface area contributed by atoms with E-state index in [1.54, 1.807) is 6.08 Å². The van der Waals surface area contributed by atoms with Gasteiger partial charge in [0.1, 0.15) is 0 Å². The smallest absolute Gasteiger partial charge is 0.305 e. The van der Waals surface area contributed by atoms with Crippen LogP contribution in [0.1, 0.15) is 232 Å². The fraction of sp³-hybridized carbons (Fsp3) is 0.870. The summed E-state index contributed by atoms with van der Waals surface area (Å²) in [6, 6.07) is -0.643. The van der Waals surface area contributed by atoms with Crippen LogP contribution in [-0.2, 0) is 14.3 Å². The molecule has 0 fully saturated rings. The summed E-state index contributed by atoms with van der Waals surface area (Å²) in [5.41, 5.74) is 0. The third kappa shape index (κ3) is 38.1. The lowest BCUT2D eigenvalue weighted by molar-refractivity contribution is -0.143. The maximum absolute atomic E-state index is 12.4. The molecule has 0 aromatic rings. The quantitative estimate of drug-likeness (QED) is 0.0330. The monoisotopic (exact) mass is 734 g/mol. The van der Waals surface area contributed by atoms with Gasteiger partial charge < -0.3 is 20.3 Å². The molecule has 306 valence electrons. The van der Waals surface area contributed by atoms with Crippen molar-refractivity contribution in [1.82, 2.24) is 5.32 Å². The maximum atomic E-state index is 12.4. The first-order valence-corrected chi connectivity index (χ1v) is 22.6. The Bertz CT molecular complexity index is 813.